The molecule has 1 aromatic heterocycles. The molecule has 84 valence electrons. The number of thiazole rings is 1. The van der Waals surface area contributed by atoms with Crippen LogP contribution < -0.4 is 0 Å². The van der Waals surface area contributed by atoms with Crippen molar-refractivity contribution in [1.29, 1.82) is 0 Å². The second-order valence-electron chi connectivity index (χ2n) is 3.79. The van der Waals surface area contributed by atoms with Gasteiger partial charge in [0.15, 0.2) is 0 Å². The Hall–Kier alpha value is -0.370. The van der Waals surface area contributed by atoms with Crippen LogP contribution in [0.15, 0.2) is 11.7 Å². The Morgan fingerprint density at radius 3 is 1.64 bits per heavy atom. The average molecular weight is 215 g/mol. The highest BCUT2D eigenvalue weighted by atomic mass is 32.1. The smallest absolute Gasteiger partial charge is 0.0794 e. The van der Waals surface area contributed by atoms with Crippen LogP contribution in [0.3, 0.4) is 0 Å². The SMILES string of the molecule is CC.CC(C)C.CC(C)c1cncs1. The number of hydrogen-bond acceptors (Lipinski definition) is 2. The first-order chi connectivity index (χ1) is 6.54. The van der Waals surface area contributed by atoms with Gasteiger partial charge in [-0.25, -0.2) is 0 Å². The molecular formula is C12H25NS. The molecule has 0 aliphatic heterocycles. The molecule has 0 saturated heterocycles. The fraction of sp³-hybridized carbons (Fsp3) is 0.750. The van der Waals surface area contributed by atoms with Gasteiger partial charge in [0.05, 0.1) is 5.51 Å². The Kier molecular flexibility index (Phi) is 12.3. The molecule has 0 bridgehead atoms. The van der Waals surface area contributed by atoms with Gasteiger partial charge in [-0.15, -0.1) is 11.3 Å². The van der Waals surface area contributed by atoms with Crippen LogP contribution in [0.2, 0.25) is 0 Å². The van der Waals surface area contributed by atoms with Crippen molar-refractivity contribution in [3.05, 3.63) is 16.6 Å². The fourth-order valence-corrected chi connectivity index (χ4v) is 1.15. The monoisotopic (exact) mass is 215 g/mol. The molecule has 0 spiro atoms. The summed E-state index contributed by atoms with van der Waals surface area (Å²) in [6, 6.07) is 0. The molecule has 0 unspecified atom stereocenters. The third kappa shape index (κ3) is 11.6. The third-order valence-electron chi connectivity index (χ3n) is 1.02. The van der Waals surface area contributed by atoms with E-state index in [1.165, 1.54) is 4.88 Å². The zero-order valence-corrected chi connectivity index (χ0v) is 11.5. The van der Waals surface area contributed by atoms with E-state index in [0.717, 1.165) is 5.92 Å². The molecule has 0 atom stereocenters. The lowest BCUT2D eigenvalue weighted by Gasteiger charge is -1.94. The van der Waals surface area contributed by atoms with Gasteiger partial charge in [0.25, 0.3) is 0 Å². The molecule has 0 fully saturated rings. The van der Waals surface area contributed by atoms with Crippen molar-refractivity contribution in [3.63, 3.8) is 0 Å². The molecule has 1 heterocycles. The van der Waals surface area contributed by atoms with Gasteiger partial charge in [-0.2, -0.15) is 0 Å². The summed E-state index contributed by atoms with van der Waals surface area (Å²) in [4.78, 5) is 5.33. The first-order valence-corrected chi connectivity index (χ1v) is 6.30. The van der Waals surface area contributed by atoms with Crippen LogP contribution in [0, 0.1) is 5.92 Å². The Bertz CT molecular complexity index is 175. The minimum atomic E-state index is 0.641. The van der Waals surface area contributed by atoms with Crippen LogP contribution >= 0.6 is 11.3 Å². The van der Waals surface area contributed by atoms with Crippen molar-refractivity contribution in [3.8, 4) is 0 Å². The van der Waals surface area contributed by atoms with Crippen molar-refractivity contribution < 1.29 is 0 Å². The van der Waals surface area contributed by atoms with E-state index >= 15 is 0 Å². The quantitative estimate of drug-likeness (QED) is 0.645. The summed E-state index contributed by atoms with van der Waals surface area (Å²) in [7, 11) is 0. The van der Waals surface area contributed by atoms with Crippen molar-refractivity contribution in [2.75, 3.05) is 0 Å². The fourth-order valence-electron chi connectivity index (χ4n) is 0.511. The lowest BCUT2D eigenvalue weighted by atomic mass is 10.2. The Morgan fingerprint density at radius 2 is 1.50 bits per heavy atom. The molecule has 1 aromatic rings. The van der Waals surface area contributed by atoms with Crippen LogP contribution in [-0.4, -0.2) is 4.98 Å². The average Bonchev–Trinajstić information content (AvgIpc) is 2.58. The number of nitrogens with zero attached hydrogens (tertiary/aromatic N) is 1. The minimum absolute atomic E-state index is 0.641. The van der Waals surface area contributed by atoms with Crippen LogP contribution in [0.5, 0.6) is 0 Å². The zero-order chi connectivity index (χ0) is 11.6. The first-order valence-electron chi connectivity index (χ1n) is 5.42. The number of hydrogen-bond donors (Lipinski definition) is 0. The second-order valence-corrected chi connectivity index (χ2v) is 4.71. The van der Waals surface area contributed by atoms with E-state index in [0.29, 0.717) is 5.92 Å². The van der Waals surface area contributed by atoms with Gasteiger partial charge in [-0.05, 0) is 11.8 Å². The maximum absolute atomic E-state index is 3.96. The molecule has 0 saturated carbocycles. The molecule has 0 aliphatic carbocycles. The van der Waals surface area contributed by atoms with Crippen molar-refractivity contribution in [2.24, 2.45) is 5.92 Å². The highest BCUT2D eigenvalue weighted by molar-refractivity contribution is 7.09. The van der Waals surface area contributed by atoms with Gasteiger partial charge in [-0.1, -0.05) is 48.5 Å². The molecule has 0 radical (unpaired) electrons. The van der Waals surface area contributed by atoms with Gasteiger partial charge >= 0.3 is 0 Å². The molecule has 14 heavy (non-hydrogen) atoms. The molecule has 2 heteroatoms. The van der Waals surface area contributed by atoms with E-state index in [1.54, 1.807) is 11.3 Å². The maximum Gasteiger partial charge on any atom is 0.0794 e. The third-order valence-corrected chi connectivity index (χ3v) is 2.10. The largest absolute Gasteiger partial charge is 0.253 e. The second kappa shape index (κ2) is 10.7. The normalized spacial score (nSPS) is 8.93. The Morgan fingerprint density at radius 1 is 1.07 bits per heavy atom. The van der Waals surface area contributed by atoms with E-state index in [9.17, 15) is 0 Å². The Balaban J connectivity index is 0. The van der Waals surface area contributed by atoms with Crippen molar-refractivity contribution in [2.45, 2.75) is 54.4 Å². The molecule has 0 amide bonds. The zero-order valence-electron chi connectivity index (χ0n) is 10.7. The van der Waals surface area contributed by atoms with Crippen molar-refractivity contribution in [1.82, 2.24) is 4.98 Å². The lowest BCUT2D eigenvalue weighted by Crippen LogP contribution is -1.77. The molecule has 1 nitrogen and oxygen atoms in total. The lowest BCUT2D eigenvalue weighted by molar-refractivity contribution is 0.737. The van der Waals surface area contributed by atoms with Gasteiger partial charge < -0.3 is 0 Å². The predicted molar refractivity (Wildman–Crippen MR) is 68.1 cm³/mol. The topological polar surface area (TPSA) is 12.9 Å². The minimum Gasteiger partial charge on any atom is -0.253 e. The van der Waals surface area contributed by atoms with Crippen LogP contribution in [0.4, 0.5) is 0 Å². The summed E-state index contributed by atoms with van der Waals surface area (Å²) in [5.74, 6) is 1.47. The highest BCUT2D eigenvalue weighted by Gasteiger charge is 1.97. The first kappa shape index (κ1) is 16.1. The van der Waals surface area contributed by atoms with E-state index in [2.05, 4.69) is 39.6 Å². The van der Waals surface area contributed by atoms with Gasteiger partial charge in [-0.3, -0.25) is 4.98 Å². The number of rotatable bonds is 1. The summed E-state index contributed by atoms with van der Waals surface area (Å²) < 4.78 is 0. The molecule has 0 aromatic carbocycles. The maximum atomic E-state index is 3.96. The summed E-state index contributed by atoms with van der Waals surface area (Å²) in [6.07, 6.45) is 1.93. The van der Waals surface area contributed by atoms with Gasteiger partial charge in [0.1, 0.15) is 0 Å². The van der Waals surface area contributed by atoms with Gasteiger partial charge in [0, 0.05) is 11.1 Å². The van der Waals surface area contributed by atoms with Crippen LogP contribution in [0.25, 0.3) is 0 Å². The molecule has 0 aliphatic rings. The van der Waals surface area contributed by atoms with Gasteiger partial charge in [0.2, 0.25) is 0 Å². The predicted octanol–water partition coefficient (Wildman–Crippen LogP) is 4.96. The van der Waals surface area contributed by atoms with E-state index in [1.807, 2.05) is 25.6 Å². The molecule has 0 N–H and O–H groups in total. The number of aromatic nitrogens is 1. The molecular weight excluding hydrogens is 190 g/mol. The summed E-state index contributed by atoms with van der Waals surface area (Å²) in [6.45, 7) is 14.8. The van der Waals surface area contributed by atoms with Crippen LogP contribution in [0.1, 0.15) is 59.3 Å². The van der Waals surface area contributed by atoms with Crippen LogP contribution in [-0.2, 0) is 0 Å². The molecule has 1 rings (SSSR count). The highest BCUT2D eigenvalue weighted by Crippen LogP contribution is 2.16. The summed E-state index contributed by atoms with van der Waals surface area (Å²) in [5, 5.41) is 0. The van der Waals surface area contributed by atoms with Crippen molar-refractivity contribution >= 4 is 11.3 Å². The van der Waals surface area contributed by atoms with E-state index in [4.69, 9.17) is 0 Å². The summed E-state index contributed by atoms with van der Waals surface area (Å²) in [5.41, 5.74) is 1.87. The van der Waals surface area contributed by atoms with E-state index < -0.39 is 0 Å². The van der Waals surface area contributed by atoms with E-state index in [-0.39, 0.29) is 0 Å². The Labute approximate surface area is 93.6 Å². The summed E-state index contributed by atoms with van der Waals surface area (Å²) >= 11 is 1.72. The standard InChI is InChI=1S/C6H9NS.C4H10.C2H6/c1-5(2)6-3-7-4-8-6;1-4(2)3;1-2/h3-5H,1-2H3;4H,1-3H3;1-2H3.